The molecule has 0 bridgehead atoms. The van der Waals surface area contributed by atoms with Crippen molar-refractivity contribution in [3.05, 3.63) is 308 Å². The molecule has 6 nitrogen and oxygen atoms in total. The summed E-state index contributed by atoms with van der Waals surface area (Å²) < 4.78 is 155. The lowest BCUT2D eigenvalue weighted by molar-refractivity contribution is -0.570. The van der Waals surface area contributed by atoms with Crippen molar-refractivity contribution >= 4 is 83.6 Å². The molecule has 97 heavy (non-hydrogen) atoms. The molecule has 7 heteroatoms. The van der Waals surface area contributed by atoms with Crippen molar-refractivity contribution in [1.29, 1.82) is 0 Å². The van der Waals surface area contributed by atoms with Crippen LogP contribution in [0, 0.1) is 6.33 Å². The van der Waals surface area contributed by atoms with Crippen molar-refractivity contribution in [2.24, 2.45) is 0 Å². The van der Waals surface area contributed by atoms with Gasteiger partial charge >= 0.3 is 0 Å². The molecule has 18 rings (SSSR count). The molecule has 5 heterocycles. The van der Waals surface area contributed by atoms with Crippen molar-refractivity contribution in [1.82, 2.24) is 14.1 Å². The molecule has 12 aromatic carbocycles. The predicted octanol–water partition coefficient (Wildman–Crippen LogP) is 19.9. The Morgan fingerprint density at radius 1 is 0.485 bits per heavy atom. The van der Waals surface area contributed by atoms with Crippen LogP contribution >= 0.6 is 0 Å². The molecule has 1 aliphatic carbocycles. The fourth-order valence-electron chi connectivity index (χ4n) is 15.4. The van der Waals surface area contributed by atoms with Crippen molar-refractivity contribution in [3.63, 3.8) is 0 Å². The molecule has 16 aromatic rings. The first-order valence-corrected chi connectivity index (χ1v) is 34.9. The first-order valence-electron chi connectivity index (χ1n) is 39.9. The first-order chi connectivity index (χ1) is 53.0. The van der Waals surface area contributed by atoms with Gasteiger partial charge < -0.3 is 9.15 Å². The molecule has 0 radical (unpaired) electrons. The number of benzene rings is 12. The molecule has 1 aliphatic heterocycles. The molecule has 0 unspecified atom stereocenters. The van der Waals surface area contributed by atoms with Gasteiger partial charge in [-0.3, -0.25) is 13.7 Å². The minimum Gasteiger partial charge on any atom is -0.458 e. The molecule has 0 atom stereocenters. The van der Waals surface area contributed by atoms with Crippen LogP contribution in [0.15, 0.2) is 289 Å². The fourth-order valence-corrected chi connectivity index (χ4v) is 19.4. The predicted molar refractivity (Wildman–Crippen MR) is 402 cm³/mol. The number of rotatable bonds is 9. The van der Waals surface area contributed by atoms with Gasteiger partial charge in [0.1, 0.15) is 28.5 Å². The minimum absolute atomic E-state index is 0.0407. The number of hydrogen-bond acceptors (Lipinski definition) is 3. The van der Waals surface area contributed by atoms with Crippen LogP contribution in [0.2, 0.25) is 0 Å². The van der Waals surface area contributed by atoms with Crippen molar-refractivity contribution in [3.8, 4) is 73.2 Å². The summed E-state index contributed by atoms with van der Waals surface area (Å²) in [4.78, 5) is 4.95. The van der Waals surface area contributed by atoms with Crippen LogP contribution in [0.4, 0.5) is 0 Å². The maximum Gasteiger partial charge on any atom is 0.269 e. The van der Waals surface area contributed by atoms with Crippen LogP contribution < -0.4 is 30.1 Å². The molecule has 0 saturated heterocycles. The third kappa shape index (κ3) is 9.26. The average molecular weight is 1280 g/mol. The smallest absolute Gasteiger partial charge is 0.269 e. The zero-order chi connectivity index (χ0) is 77.7. The standard InChI is InChI=1S/C90H72N4O2Si/c1-88(2,3)59-45-48-91-85(50-59)94-80-39-21-19-35-70(80)71-43-42-62(52-81(71)94)95-61-26-23-25-60(51-61)92-57-93-86-67(58-41-44-84-76(49-58)72-36-20-22-40-83(72)96-84)37-24-38-73(86)75-56-79-78(89(4,5)46-47-90(79,6)7)55-74(75)68-33-17-18-34-69(68)77-53-66(54-82(92)87(77)93)97(63-27-11-8-12-28-63,64-29-13-9-14-30-64)65-31-15-10-16-32-65/h8-45,48-56H,46-47H2,1-7H3/i8D,9D,10D,11D,12D,13D,14D,15D,16D,27D,28D,29D,30D,31D. The molecule has 0 fully saturated rings. The Kier molecular flexibility index (Phi) is 10.3. The molecular formula is C90H72N4O2Si. The number of para-hydroxylation sites is 3. The lowest BCUT2D eigenvalue weighted by Crippen LogP contribution is -2.74. The topological polar surface area (TPSA) is 49.0 Å². The number of hydrogen-bond donors (Lipinski definition) is 0. The normalized spacial score (nSPS) is 16.0. The van der Waals surface area contributed by atoms with Gasteiger partial charge in [-0.15, -0.1) is 0 Å². The highest BCUT2D eigenvalue weighted by atomic mass is 28.3. The Morgan fingerprint density at radius 3 is 1.86 bits per heavy atom. The lowest BCUT2D eigenvalue weighted by Gasteiger charge is -2.42. The van der Waals surface area contributed by atoms with Crippen molar-refractivity contribution < 1.29 is 32.9 Å². The van der Waals surface area contributed by atoms with Gasteiger partial charge in [-0.05, 0) is 184 Å². The maximum atomic E-state index is 10.3. The van der Waals surface area contributed by atoms with E-state index in [9.17, 15) is 15.1 Å². The summed E-state index contributed by atoms with van der Waals surface area (Å²) in [6, 6.07) is 52.9. The number of ether oxygens (including phenoxy) is 1. The van der Waals surface area contributed by atoms with E-state index < -0.39 is 103 Å². The molecule has 0 saturated carbocycles. The zero-order valence-corrected chi connectivity index (χ0v) is 55.6. The summed E-state index contributed by atoms with van der Waals surface area (Å²) in [7, 11) is -5.62. The highest BCUT2D eigenvalue weighted by Gasteiger charge is 2.44. The van der Waals surface area contributed by atoms with E-state index in [2.05, 4.69) is 126 Å². The third-order valence-corrected chi connectivity index (χ3v) is 24.7. The van der Waals surface area contributed by atoms with Crippen LogP contribution in [0.3, 0.4) is 0 Å². The van der Waals surface area contributed by atoms with Crippen LogP contribution in [0.1, 0.15) is 97.2 Å². The molecule has 0 N–H and O–H groups in total. The molecule has 4 aromatic heterocycles. The Hall–Kier alpha value is -11.1. The lowest BCUT2D eigenvalue weighted by atomic mass is 9.62. The van der Waals surface area contributed by atoms with Gasteiger partial charge in [0.25, 0.3) is 6.33 Å². The summed E-state index contributed by atoms with van der Waals surface area (Å²) in [6.07, 6.45) is 7.62. The number of imidazole rings is 1. The summed E-state index contributed by atoms with van der Waals surface area (Å²) in [5.74, 6) is 1.65. The Labute approximate surface area is 586 Å². The largest absolute Gasteiger partial charge is 0.458 e. The molecule has 0 amide bonds. The summed E-state index contributed by atoms with van der Waals surface area (Å²) in [5, 5.41) is 2.53. The monoisotopic (exact) mass is 1280 g/mol. The Morgan fingerprint density at radius 2 is 1.10 bits per heavy atom. The van der Waals surface area contributed by atoms with Crippen LogP contribution in [-0.4, -0.2) is 22.2 Å². The first kappa shape index (κ1) is 45.3. The van der Waals surface area contributed by atoms with Crippen LogP contribution in [-0.2, 0) is 16.2 Å². The zero-order valence-electron chi connectivity index (χ0n) is 68.6. The number of aromatic nitrogens is 4. The Bertz CT molecular complexity index is 6640. The van der Waals surface area contributed by atoms with E-state index in [-0.39, 0.29) is 26.6 Å². The SMILES string of the molecule is [2H]c1cc([Si](c2cc3c4c(c2)n(-c2cccc(Oc5ccc6c7ccccc7n(-c7cc(C(C)(C)C)ccn7)c6c5)c2)[c-][n+]4-c2c(-c4ccc5oc6ccccc6c5c4)cccc2-c2cc4c(cc2-c2ccccc2-3)C(C)(C)CCC4(C)C)(c2c([2H])c([2H])c([2H])c([2H])c2[2H])c2c([2H])c([2H])c([2H])c([2H])c2[2H])c([2H])c([2H])c1[2H]. The highest BCUT2D eigenvalue weighted by molar-refractivity contribution is 7.20. The highest BCUT2D eigenvalue weighted by Crippen LogP contribution is 2.53. The number of fused-ring (bicyclic) bond motifs is 14. The molecule has 468 valence electrons. The van der Waals surface area contributed by atoms with Gasteiger partial charge in [0.2, 0.25) is 0 Å². The number of nitrogens with zero attached hydrogens (tertiary/aromatic N) is 4. The average Bonchev–Trinajstić information content (AvgIpc) is 1.64. The second kappa shape index (κ2) is 22.0. The van der Waals surface area contributed by atoms with E-state index in [1.807, 2.05) is 125 Å². The van der Waals surface area contributed by atoms with E-state index in [0.717, 1.165) is 102 Å². The second-order valence-corrected chi connectivity index (χ2v) is 31.7. The van der Waals surface area contributed by atoms with Gasteiger partial charge in [0, 0.05) is 33.8 Å². The van der Waals surface area contributed by atoms with Crippen LogP contribution in [0.5, 0.6) is 11.5 Å². The van der Waals surface area contributed by atoms with Crippen molar-refractivity contribution in [2.45, 2.75) is 77.6 Å². The van der Waals surface area contributed by atoms with E-state index in [4.69, 9.17) is 18.3 Å². The second-order valence-electron chi connectivity index (χ2n) is 28.0. The summed E-state index contributed by atoms with van der Waals surface area (Å²) in [5.41, 5.74) is 14.1. The Balaban J connectivity index is 1.01. The molecular weight excluding hydrogens is 1200 g/mol. The summed E-state index contributed by atoms with van der Waals surface area (Å²) >= 11 is 0. The molecule has 2 aliphatic rings. The number of furan rings is 1. The maximum absolute atomic E-state index is 10.3. The summed E-state index contributed by atoms with van der Waals surface area (Å²) in [6.45, 7) is 15.7. The van der Waals surface area contributed by atoms with Gasteiger partial charge in [0.15, 0.2) is 8.07 Å². The van der Waals surface area contributed by atoms with Gasteiger partial charge in [-0.1, -0.05) is 248 Å². The van der Waals surface area contributed by atoms with Gasteiger partial charge in [-0.2, -0.15) is 0 Å². The van der Waals surface area contributed by atoms with E-state index in [0.29, 0.717) is 50.6 Å². The van der Waals surface area contributed by atoms with Gasteiger partial charge in [-0.25, -0.2) is 4.98 Å². The number of pyridine rings is 1. The van der Waals surface area contributed by atoms with E-state index >= 15 is 0 Å². The third-order valence-electron chi connectivity index (χ3n) is 20.4. The quantitative estimate of drug-likeness (QED) is 0.0626. The molecule has 0 spiro atoms. The fraction of sp³-hybridized carbons (Fsp3) is 0.133. The minimum atomic E-state index is -5.62. The van der Waals surface area contributed by atoms with Crippen LogP contribution in [0.25, 0.3) is 116 Å². The van der Waals surface area contributed by atoms with E-state index in [1.165, 1.54) is 11.1 Å². The van der Waals surface area contributed by atoms with Crippen molar-refractivity contribution in [2.75, 3.05) is 0 Å². The van der Waals surface area contributed by atoms with Gasteiger partial charge in [0.05, 0.1) is 52.6 Å². The van der Waals surface area contributed by atoms with E-state index in [1.54, 1.807) is 12.1 Å².